The van der Waals surface area contributed by atoms with Crippen molar-refractivity contribution in [2.75, 3.05) is 0 Å². The molecule has 4 saturated carbocycles. The van der Waals surface area contributed by atoms with Gasteiger partial charge in [0.05, 0.1) is 0 Å². The SMILES string of the molecule is CCCC1CC(C)C2C3CC(CC(O)(C(F)(F)F)C(F)(F)F)C(C3)C12.CCCC1CC(C)CC1C(=O)CC(C)(C)C. The van der Waals surface area contributed by atoms with Gasteiger partial charge in [-0.05, 0) is 97.2 Å². The molecular formula is C33H54F6O2. The van der Waals surface area contributed by atoms with Crippen LogP contribution < -0.4 is 0 Å². The normalized spacial score (nSPS) is 37.2. The maximum absolute atomic E-state index is 13.1. The number of Topliss-reactive ketones (excluding diaryl/α,β-unsaturated/α-hetero) is 1. The van der Waals surface area contributed by atoms with Gasteiger partial charge in [0, 0.05) is 12.3 Å². The van der Waals surface area contributed by atoms with E-state index in [0.717, 1.165) is 44.4 Å². The van der Waals surface area contributed by atoms with Crippen molar-refractivity contribution in [1.29, 1.82) is 0 Å². The topological polar surface area (TPSA) is 37.3 Å². The third-order valence-corrected chi connectivity index (χ3v) is 11.0. The van der Waals surface area contributed by atoms with Crippen molar-refractivity contribution in [3.05, 3.63) is 0 Å². The average Bonchev–Trinajstić information content (AvgIpc) is 3.55. The summed E-state index contributed by atoms with van der Waals surface area (Å²) in [4.78, 5) is 12.3. The number of halogens is 6. The van der Waals surface area contributed by atoms with Crippen LogP contribution in [0, 0.1) is 64.6 Å². The lowest BCUT2D eigenvalue weighted by Gasteiger charge is -2.40. The van der Waals surface area contributed by atoms with Crippen molar-refractivity contribution in [1.82, 2.24) is 0 Å². The predicted molar refractivity (Wildman–Crippen MR) is 150 cm³/mol. The molecule has 4 fully saturated rings. The Bertz CT molecular complexity index is 860. The molecule has 2 nitrogen and oxygen atoms in total. The van der Waals surface area contributed by atoms with E-state index in [1.807, 2.05) is 0 Å². The summed E-state index contributed by atoms with van der Waals surface area (Å²) in [5.74, 6) is 3.35. The average molecular weight is 597 g/mol. The van der Waals surface area contributed by atoms with Gasteiger partial charge in [-0.1, -0.05) is 74.1 Å². The molecule has 10 unspecified atom stereocenters. The Morgan fingerprint density at radius 2 is 1.32 bits per heavy atom. The van der Waals surface area contributed by atoms with Crippen LogP contribution in [0.2, 0.25) is 0 Å². The number of hydrogen-bond acceptors (Lipinski definition) is 2. The lowest BCUT2D eigenvalue weighted by molar-refractivity contribution is -0.373. The molecule has 41 heavy (non-hydrogen) atoms. The van der Waals surface area contributed by atoms with Crippen LogP contribution >= 0.6 is 0 Å². The van der Waals surface area contributed by atoms with Gasteiger partial charge < -0.3 is 5.11 Å². The summed E-state index contributed by atoms with van der Waals surface area (Å²) in [6, 6.07) is 0. The van der Waals surface area contributed by atoms with Gasteiger partial charge in [0.25, 0.3) is 5.60 Å². The third kappa shape index (κ3) is 7.48. The van der Waals surface area contributed by atoms with Gasteiger partial charge in [0.15, 0.2) is 0 Å². The molecule has 0 aromatic carbocycles. The highest BCUT2D eigenvalue weighted by Gasteiger charge is 2.72. The molecule has 0 radical (unpaired) electrons. The van der Waals surface area contributed by atoms with Crippen molar-refractivity contribution in [2.45, 2.75) is 137 Å². The van der Waals surface area contributed by atoms with E-state index in [0.29, 0.717) is 41.8 Å². The van der Waals surface area contributed by atoms with Crippen LogP contribution in [0.3, 0.4) is 0 Å². The molecule has 0 aromatic heterocycles. The van der Waals surface area contributed by atoms with Gasteiger partial charge in [-0.25, -0.2) is 0 Å². The zero-order chi connectivity index (χ0) is 31.1. The fourth-order valence-electron chi connectivity index (χ4n) is 9.72. The van der Waals surface area contributed by atoms with E-state index in [1.54, 1.807) is 0 Å². The molecule has 1 N–H and O–H groups in total. The van der Waals surface area contributed by atoms with E-state index in [1.165, 1.54) is 19.3 Å². The number of fused-ring (bicyclic) bond motifs is 5. The molecule has 0 aliphatic heterocycles. The molecule has 4 rings (SSSR count). The zero-order valence-corrected chi connectivity index (χ0v) is 26.2. The Labute approximate surface area is 243 Å². The van der Waals surface area contributed by atoms with Crippen molar-refractivity contribution in [3.8, 4) is 0 Å². The van der Waals surface area contributed by atoms with Crippen LogP contribution in [0.25, 0.3) is 0 Å². The first-order valence-electron chi connectivity index (χ1n) is 16.1. The number of rotatable bonds is 8. The lowest BCUT2D eigenvalue weighted by atomic mass is 9.68. The van der Waals surface area contributed by atoms with E-state index >= 15 is 0 Å². The molecule has 240 valence electrons. The highest BCUT2D eigenvalue weighted by molar-refractivity contribution is 5.82. The summed E-state index contributed by atoms with van der Waals surface area (Å²) in [5.41, 5.74) is -4.44. The highest BCUT2D eigenvalue weighted by atomic mass is 19.4. The first-order valence-corrected chi connectivity index (χ1v) is 16.1. The maximum atomic E-state index is 13.1. The largest absolute Gasteiger partial charge is 0.426 e. The van der Waals surface area contributed by atoms with Crippen LogP contribution in [0.4, 0.5) is 26.3 Å². The summed E-state index contributed by atoms with van der Waals surface area (Å²) in [7, 11) is 0. The molecule has 4 aliphatic rings. The lowest BCUT2D eigenvalue weighted by Crippen LogP contribution is -2.58. The number of hydrogen-bond donors (Lipinski definition) is 1. The summed E-state index contributed by atoms with van der Waals surface area (Å²) in [5, 5.41) is 9.58. The Morgan fingerprint density at radius 3 is 1.83 bits per heavy atom. The summed E-state index contributed by atoms with van der Waals surface area (Å²) >= 11 is 0. The Kier molecular flexibility index (Phi) is 10.7. The zero-order valence-electron chi connectivity index (χ0n) is 26.2. The van der Waals surface area contributed by atoms with Crippen molar-refractivity contribution in [2.24, 2.45) is 64.6 Å². The first kappa shape index (κ1) is 34.7. The van der Waals surface area contributed by atoms with Crippen LogP contribution in [0.5, 0.6) is 0 Å². The molecule has 8 heteroatoms. The van der Waals surface area contributed by atoms with Crippen molar-refractivity contribution in [3.63, 3.8) is 0 Å². The van der Waals surface area contributed by atoms with E-state index in [2.05, 4.69) is 48.5 Å². The minimum absolute atomic E-state index is 0.104. The van der Waals surface area contributed by atoms with Crippen molar-refractivity contribution >= 4 is 5.78 Å². The van der Waals surface area contributed by atoms with Gasteiger partial charge >= 0.3 is 12.4 Å². The number of carbonyl (C=O) groups is 1. The number of ketones is 1. The Hall–Kier alpha value is -0.790. The van der Waals surface area contributed by atoms with Crippen LogP contribution in [-0.2, 0) is 4.79 Å². The second-order valence-corrected chi connectivity index (χ2v) is 15.6. The number of alkyl halides is 6. The minimum atomic E-state index is -5.70. The van der Waals surface area contributed by atoms with Crippen LogP contribution in [-0.4, -0.2) is 28.8 Å². The summed E-state index contributed by atoms with van der Waals surface area (Å²) < 4.78 is 78.3. The van der Waals surface area contributed by atoms with Crippen LogP contribution in [0.1, 0.15) is 119 Å². The fourth-order valence-corrected chi connectivity index (χ4v) is 9.72. The van der Waals surface area contributed by atoms with Crippen molar-refractivity contribution < 1.29 is 36.2 Å². The smallest absolute Gasteiger partial charge is 0.374 e. The van der Waals surface area contributed by atoms with Gasteiger partial charge in [-0.15, -0.1) is 0 Å². The monoisotopic (exact) mass is 596 g/mol. The second-order valence-electron chi connectivity index (χ2n) is 15.6. The molecule has 0 amide bonds. The molecule has 0 saturated heterocycles. The van der Waals surface area contributed by atoms with Gasteiger partial charge in [0.1, 0.15) is 5.78 Å². The Balaban J connectivity index is 0.000000250. The van der Waals surface area contributed by atoms with Gasteiger partial charge in [0.2, 0.25) is 0 Å². The quantitative estimate of drug-likeness (QED) is 0.283. The molecule has 10 atom stereocenters. The summed E-state index contributed by atoms with van der Waals surface area (Å²) in [6.45, 7) is 15.3. The van der Waals surface area contributed by atoms with Crippen LogP contribution in [0.15, 0.2) is 0 Å². The second kappa shape index (κ2) is 12.7. The number of aliphatic hydroxyl groups is 1. The molecule has 0 aromatic rings. The molecule has 0 spiro atoms. The number of carbonyl (C=O) groups excluding carboxylic acids is 1. The molecule has 4 aliphatic carbocycles. The third-order valence-electron chi connectivity index (χ3n) is 11.0. The van der Waals surface area contributed by atoms with Gasteiger partial charge in [-0.2, -0.15) is 26.3 Å². The maximum Gasteiger partial charge on any atom is 0.426 e. The standard InChI is InChI=1S/C18H26F6O.C15H28O/c1-3-4-10-5-9(2)14-11-6-12(13(7-11)15(10)14)8-16(25,17(19,20)21)18(22,23)24;1-6-7-12-8-11(2)9-13(12)14(16)10-15(3,4)5/h9-15,25H,3-8H2,1-2H3;11-13H,6-10H2,1-5H3. The molecule has 2 bridgehead atoms. The predicted octanol–water partition coefficient (Wildman–Crippen LogP) is 10.0. The Morgan fingerprint density at radius 1 is 0.756 bits per heavy atom. The van der Waals surface area contributed by atoms with E-state index < -0.39 is 30.3 Å². The highest BCUT2D eigenvalue weighted by Crippen LogP contribution is 2.67. The fraction of sp³-hybridized carbons (Fsp3) is 0.970. The minimum Gasteiger partial charge on any atom is -0.374 e. The van der Waals surface area contributed by atoms with E-state index in [-0.39, 0.29) is 23.2 Å². The molecule has 0 heterocycles. The first-order chi connectivity index (χ1) is 18.7. The summed E-state index contributed by atoms with van der Waals surface area (Å²) in [6.07, 6.45) is -2.87. The van der Waals surface area contributed by atoms with E-state index in [9.17, 15) is 36.2 Å². The van der Waals surface area contributed by atoms with Gasteiger partial charge in [-0.3, -0.25) is 4.79 Å². The molecular weight excluding hydrogens is 542 g/mol. The van der Waals surface area contributed by atoms with E-state index in [4.69, 9.17) is 0 Å².